The number of ether oxygens (including phenoxy) is 1. The van der Waals surface area contributed by atoms with E-state index in [1.807, 2.05) is 18.3 Å². The first-order valence-corrected chi connectivity index (χ1v) is 8.62. The smallest absolute Gasteiger partial charge is 0.182 e. The number of aryl methyl sites for hydroxylation is 1. The number of thiazole rings is 1. The van der Waals surface area contributed by atoms with Gasteiger partial charge < -0.3 is 10.1 Å². The molecular weight excluding hydrogens is 294 g/mol. The van der Waals surface area contributed by atoms with Crippen LogP contribution in [0.25, 0.3) is 0 Å². The van der Waals surface area contributed by atoms with Gasteiger partial charge in [-0.25, -0.2) is 4.98 Å². The van der Waals surface area contributed by atoms with Crippen LogP contribution in [0.2, 0.25) is 0 Å². The maximum atomic E-state index is 5.27. The van der Waals surface area contributed by atoms with Gasteiger partial charge in [-0.05, 0) is 50.6 Å². The lowest BCUT2D eigenvalue weighted by Gasteiger charge is -2.28. The predicted octanol–water partition coefficient (Wildman–Crippen LogP) is 3.71. The Bertz CT molecular complexity index is 590. The maximum Gasteiger partial charge on any atom is 0.182 e. The van der Waals surface area contributed by atoms with Crippen LogP contribution < -0.4 is 10.1 Å². The van der Waals surface area contributed by atoms with Crippen LogP contribution in [0, 0.1) is 6.92 Å². The van der Waals surface area contributed by atoms with Crippen LogP contribution in [0.5, 0.6) is 5.75 Å². The van der Waals surface area contributed by atoms with Crippen molar-refractivity contribution in [1.82, 2.24) is 9.88 Å². The minimum Gasteiger partial charge on any atom is -0.497 e. The topological polar surface area (TPSA) is 37.4 Å². The van der Waals surface area contributed by atoms with E-state index in [-0.39, 0.29) is 0 Å². The Morgan fingerprint density at radius 2 is 2.00 bits per heavy atom. The number of rotatable bonds is 6. The van der Waals surface area contributed by atoms with Crippen LogP contribution in [0.15, 0.2) is 30.5 Å². The van der Waals surface area contributed by atoms with Crippen molar-refractivity contribution >= 4 is 16.5 Å². The van der Waals surface area contributed by atoms with Gasteiger partial charge in [-0.2, -0.15) is 0 Å². The molecule has 2 heterocycles. The summed E-state index contributed by atoms with van der Waals surface area (Å²) in [7, 11) is 1.71. The Kier molecular flexibility index (Phi) is 4.95. The molecule has 4 nitrogen and oxygen atoms in total. The van der Waals surface area contributed by atoms with Gasteiger partial charge in [0, 0.05) is 17.6 Å². The van der Waals surface area contributed by atoms with Crippen molar-refractivity contribution in [3.63, 3.8) is 0 Å². The van der Waals surface area contributed by atoms with Crippen molar-refractivity contribution in [1.29, 1.82) is 0 Å². The first-order chi connectivity index (χ1) is 10.8. The molecule has 1 aromatic heterocycles. The number of benzene rings is 1. The Hall–Kier alpha value is -1.59. The summed E-state index contributed by atoms with van der Waals surface area (Å²) in [4.78, 5) is 8.21. The molecule has 1 aliphatic rings. The van der Waals surface area contributed by atoms with Crippen molar-refractivity contribution in [2.24, 2.45) is 0 Å². The Labute approximate surface area is 136 Å². The second kappa shape index (κ2) is 7.11. The van der Waals surface area contributed by atoms with Gasteiger partial charge in [0.1, 0.15) is 5.75 Å². The molecule has 118 valence electrons. The fourth-order valence-corrected chi connectivity index (χ4v) is 3.63. The van der Waals surface area contributed by atoms with Crippen LogP contribution in [-0.4, -0.2) is 36.6 Å². The zero-order valence-corrected chi connectivity index (χ0v) is 14.0. The molecule has 0 aliphatic carbocycles. The molecule has 22 heavy (non-hydrogen) atoms. The van der Waals surface area contributed by atoms with E-state index in [1.165, 1.54) is 36.4 Å². The highest BCUT2D eigenvalue weighted by molar-refractivity contribution is 7.15. The third-order valence-corrected chi connectivity index (χ3v) is 5.02. The van der Waals surface area contributed by atoms with Crippen molar-refractivity contribution in [3.8, 4) is 5.75 Å². The number of methoxy groups -OCH3 is 1. The molecule has 5 heteroatoms. The van der Waals surface area contributed by atoms with Crippen LogP contribution in [0.1, 0.15) is 29.3 Å². The van der Waals surface area contributed by atoms with Crippen LogP contribution in [0.3, 0.4) is 0 Å². The molecule has 0 spiro atoms. The fraction of sp³-hybridized carbons (Fsp3) is 0.471. The summed E-state index contributed by atoms with van der Waals surface area (Å²) in [5.41, 5.74) is 1.34. The van der Waals surface area contributed by atoms with Gasteiger partial charge in [0.2, 0.25) is 0 Å². The summed E-state index contributed by atoms with van der Waals surface area (Å²) in [6.45, 7) is 5.33. The lowest BCUT2D eigenvalue weighted by Crippen LogP contribution is -2.31. The number of hydrogen-bond donors (Lipinski definition) is 1. The van der Waals surface area contributed by atoms with Crippen molar-refractivity contribution in [3.05, 3.63) is 40.9 Å². The molecule has 0 amide bonds. The van der Waals surface area contributed by atoms with Crippen molar-refractivity contribution in [2.75, 3.05) is 32.1 Å². The van der Waals surface area contributed by atoms with E-state index in [9.17, 15) is 0 Å². The lowest BCUT2D eigenvalue weighted by atomic mass is 10.1. The first kappa shape index (κ1) is 15.3. The lowest BCUT2D eigenvalue weighted by molar-refractivity contribution is 0.256. The minimum atomic E-state index is 0.387. The summed E-state index contributed by atoms with van der Waals surface area (Å²) in [5.74, 6) is 0.910. The molecule has 1 unspecified atom stereocenters. The quantitative estimate of drug-likeness (QED) is 0.881. The van der Waals surface area contributed by atoms with Crippen LogP contribution in [0.4, 0.5) is 5.13 Å². The predicted molar refractivity (Wildman–Crippen MR) is 91.9 cm³/mol. The van der Waals surface area contributed by atoms with Crippen LogP contribution >= 0.6 is 11.3 Å². The zero-order chi connectivity index (χ0) is 15.4. The average molecular weight is 317 g/mol. The summed E-state index contributed by atoms with van der Waals surface area (Å²) < 4.78 is 5.27. The third-order valence-electron chi connectivity index (χ3n) is 4.15. The highest BCUT2D eigenvalue weighted by Gasteiger charge is 2.23. The Balaban J connectivity index is 1.73. The van der Waals surface area contributed by atoms with E-state index in [0.717, 1.165) is 17.4 Å². The van der Waals surface area contributed by atoms with Gasteiger partial charge in [-0.1, -0.05) is 12.1 Å². The average Bonchev–Trinajstić information content (AvgIpc) is 3.20. The summed E-state index contributed by atoms with van der Waals surface area (Å²) in [6.07, 6.45) is 4.51. The Morgan fingerprint density at radius 1 is 1.27 bits per heavy atom. The molecule has 0 bridgehead atoms. The minimum absolute atomic E-state index is 0.387. The largest absolute Gasteiger partial charge is 0.497 e. The molecule has 0 radical (unpaired) electrons. The maximum absolute atomic E-state index is 5.27. The third kappa shape index (κ3) is 3.59. The molecule has 0 saturated carbocycles. The van der Waals surface area contributed by atoms with Gasteiger partial charge in [-0.3, -0.25) is 4.90 Å². The van der Waals surface area contributed by atoms with Gasteiger partial charge >= 0.3 is 0 Å². The number of nitrogens with zero attached hydrogens (tertiary/aromatic N) is 2. The second-order valence-corrected chi connectivity index (χ2v) is 6.92. The van der Waals surface area contributed by atoms with E-state index >= 15 is 0 Å². The summed E-state index contributed by atoms with van der Waals surface area (Å²) in [5, 5.41) is 4.51. The molecule has 1 fully saturated rings. The molecule has 2 aromatic rings. The fourth-order valence-electron chi connectivity index (χ4n) is 2.96. The standard InChI is InChI=1S/C17H23N3OS/c1-13-11-18-17(22-13)19-12-16(20-9-3-4-10-20)14-5-7-15(21-2)8-6-14/h5-8,11,16H,3-4,9-10,12H2,1-2H3,(H,18,19). The summed E-state index contributed by atoms with van der Waals surface area (Å²) >= 11 is 1.71. The molecule has 3 rings (SSSR count). The molecule has 1 saturated heterocycles. The highest BCUT2D eigenvalue weighted by Crippen LogP contribution is 2.27. The summed E-state index contributed by atoms with van der Waals surface area (Å²) in [6, 6.07) is 8.84. The Morgan fingerprint density at radius 3 is 2.59 bits per heavy atom. The number of hydrogen-bond acceptors (Lipinski definition) is 5. The van der Waals surface area contributed by atoms with E-state index in [1.54, 1.807) is 18.4 Å². The normalized spacial score (nSPS) is 16.6. The van der Waals surface area contributed by atoms with E-state index < -0.39 is 0 Å². The van der Waals surface area contributed by atoms with Gasteiger partial charge in [0.05, 0.1) is 13.2 Å². The molecular formula is C17H23N3OS. The van der Waals surface area contributed by atoms with E-state index in [4.69, 9.17) is 4.74 Å². The molecule has 1 aromatic carbocycles. The van der Waals surface area contributed by atoms with Crippen molar-refractivity contribution in [2.45, 2.75) is 25.8 Å². The monoisotopic (exact) mass is 317 g/mol. The van der Waals surface area contributed by atoms with Gasteiger partial charge in [0.15, 0.2) is 5.13 Å². The number of nitrogens with one attached hydrogen (secondary N) is 1. The number of likely N-dealkylation sites (tertiary alicyclic amines) is 1. The SMILES string of the molecule is COc1ccc(C(CNc2ncc(C)s2)N2CCCC2)cc1. The van der Waals surface area contributed by atoms with Gasteiger partial charge in [0.25, 0.3) is 0 Å². The molecule has 1 aliphatic heterocycles. The number of anilines is 1. The second-order valence-electron chi connectivity index (χ2n) is 5.69. The van der Waals surface area contributed by atoms with E-state index in [0.29, 0.717) is 6.04 Å². The molecule has 1 N–H and O–H groups in total. The van der Waals surface area contributed by atoms with E-state index in [2.05, 4.69) is 34.3 Å². The van der Waals surface area contributed by atoms with Crippen molar-refractivity contribution < 1.29 is 4.74 Å². The first-order valence-electron chi connectivity index (χ1n) is 7.80. The zero-order valence-electron chi connectivity index (χ0n) is 13.2. The number of aromatic nitrogens is 1. The van der Waals surface area contributed by atoms with Crippen LogP contribution in [-0.2, 0) is 0 Å². The highest BCUT2D eigenvalue weighted by atomic mass is 32.1. The molecule has 1 atom stereocenters. The van der Waals surface area contributed by atoms with Gasteiger partial charge in [-0.15, -0.1) is 11.3 Å².